The van der Waals surface area contributed by atoms with Crippen LogP contribution < -0.4 is 10.0 Å². The number of carbonyl (C=O) groups excluding carboxylic acids is 1. The molecule has 2 amide bonds. The summed E-state index contributed by atoms with van der Waals surface area (Å²) in [5.74, 6) is 0. The Bertz CT molecular complexity index is 383. The molecule has 3 N–H and O–H groups in total. The molecular formula is C9H11BrN2O3S. The van der Waals surface area contributed by atoms with Gasteiger partial charge in [-0.1, -0.05) is 28.1 Å². The molecule has 0 aliphatic heterocycles. The van der Waals surface area contributed by atoms with Crippen molar-refractivity contribution in [2.75, 3.05) is 6.54 Å². The van der Waals surface area contributed by atoms with E-state index in [2.05, 4.69) is 21.2 Å². The van der Waals surface area contributed by atoms with Gasteiger partial charge in [-0.15, -0.1) is 0 Å². The number of urea groups is 1. The van der Waals surface area contributed by atoms with Crippen LogP contribution >= 0.6 is 15.9 Å². The van der Waals surface area contributed by atoms with Gasteiger partial charge in [0.25, 0.3) is 11.3 Å². The van der Waals surface area contributed by atoms with Gasteiger partial charge in [0.15, 0.2) is 0 Å². The number of nitrogens with one attached hydrogen (secondary N) is 2. The fourth-order valence-electron chi connectivity index (χ4n) is 1.09. The summed E-state index contributed by atoms with van der Waals surface area (Å²) in [4.78, 5) is 10.9. The molecule has 88 valence electrons. The third-order valence-corrected chi connectivity index (χ3v) is 2.68. The van der Waals surface area contributed by atoms with Crippen LogP contribution in [0.1, 0.15) is 5.56 Å². The van der Waals surface area contributed by atoms with Gasteiger partial charge in [0.2, 0.25) is 0 Å². The van der Waals surface area contributed by atoms with Gasteiger partial charge < -0.3 is 5.32 Å². The number of halogens is 1. The summed E-state index contributed by atoms with van der Waals surface area (Å²) in [6, 6.07) is 7.05. The molecule has 1 aromatic rings. The minimum Gasteiger partial charge on any atom is -0.337 e. The van der Waals surface area contributed by atoms with Gasteiger partial charge in [0, 0.05) is 11.0 Å². The zero-order valence-electron chi connectivity index (χ0n) is 8.27. The lowest BCUT2D eigenvalue weighted by atomic mass is 10.1. The highest BCUT2D eigenvalue weighted by Gasteiger charge is 2.01. The average Bonchev–Trinajstić information content (AvgIpc) is 2.20. The summed E-state index contributed by atoms with van der Waals surface area (Å²) in [5, 5.41) is 2.46. The van der Waals surface area contributed by atoms with Crippen LogP contribution in [0, 0.1) is 0 Å². The first kappa shape index (κ1) is 13.1. The standard InChI is InChI=1S/C9H11BrN2O3S/c10-8-3-1-7(2-4-8)5-6-11-9(13)12-16(14)15/h1-4H,5-6H2,(H,14,15)(H2,11,12,13). The molecule has 0 fully saturated rings. The van der Waals surface area contributed by atoms with Crippen LogP contribution in [0.2, 0.25) is 0 Å². The Labute approximate surface area is 104 Å². The molecule has 7 heteroatoms. The lowest BCUT2D eigenvalue weighted by Crippen LogP contribution is -2.37. The molecule has 16 heavy (non-hydrogen) atoms. The van der Waals surface area contributed by atoms with E-state index >= 15 is 0 Å². The Kier molecular flexibility index (Phi) is 5.44. The maximum absolute atomic E-state index is 10.9. The molecule has 1 aromatic carbocycles. The number of rotatable bonds is 4. The number of amides is 2. The minimum absolute atomic E-state index is 0.407. The summed E-state index contributed by atoms with van der Waals surface area (Å²) >= 11 is 1.01. The lowest BCUT2D eigenvalue weighted by Gasteiger charge is -2.04. The molecule has 0 bridgehead atoms. The van der Waals surface area contributed by atoms with E-state index in [0.717, 1.165) is 10.0 Å². The summed E-state index contributed by atoms with van der Waals surface area (Å²) in [7, 11) is 0. The van der Waals surface area contributed by atoms with E-state index in [-0.39, 0.29) is 0 Å². The van der Waals surface area contributed by atoms with Crippen molar-refractivity contribution in [2.45, 2.75) is 6.42 Å². The number of carbonyl (C=O) groups is 1. The van der Waals surface area contributed by atoms with Gasteiger partial charge in [-0.3, -0.25) is 4.55 Å². The Balaban J connectivity index is 2.28. The van der Waals surface area contributed by atoms with Gasteiger partial charge in [-0.25, -0.2) is 13.7 Å². The van der Waals surface area contributed by atoms with Gasteiger partial charge in [-0.2, -0.15) is 0 Å². The minimum atomic E-state index is -2.31. The van der Waals surface area contributed by atoms with E-state index in [9.17, 15) is 9.00 Å². The average molecular weight is 307 g/mol. The summed E-state index contributed by atoms with van der Waals surface area (Å²) in [5.41, 5.74) is 1.08. The normalized spacial score (nSPS) is 11.9. The molecule has 0 aliphatic rings. The third kappa shape index (κ3) is 5.24. The van der Waals surface area contributed by atoms with Crippen molar-refractivity contribution in [2.24, 2.45) is 0 Å². The number of hydrogen-bond acceptors (Lipinski definition) is 2. The molecule has 5 nitrogen and oxygen atoms in total. The van der Waals surface area contributed by atoms with E-state index in [1.807, 2.05) is 29.0 Å². The smallest absolute Gasteiger partial charge is 0.328 e. The summed E-state index contributed by atoms with van der Waals surface area (Å²) in [6.07, 6.45) is 0.665. The van der Waals surface area contributed by atoms with Crippen LogP contribution in [-0.2, 0) is 17.7 Å². The molecule has 0 aliphatic carbocycles. The van der Waals surface area contributed by atoms with Crippen LogP contribution in [0.4, 0.5) is 4.79 Å². The Hall–Kier alpha value is -0.920. The SMILES string of the molecule is O=C(NCCc1ccc(Br)cc1)NS(=O)O. The van der Waals surface area contributed by atoms with Crippen molar-refractivity contribution < 1.29 is 13.6 Å². The second-order valence-electron chi connectivity index (χ2n) is 2.98. The van der Waals surface area contributed by atoms with Crippen molar-refractivity contribution in [3.8, 4) is 0 Å². The predicted molar refractivity (Wildman–Crippen MR) is 65.2 cm³/mol. The second kappa shape index (κ2) is 6.62. The van der Waals surface area contributed by atoms with E-state index in [0.29, 0.717) is 13.0 Å². The van der Waals surface area contributed by atoms with Crippen molar-refractivity contribution in [1.29, 1.82) is 0 Å². The first-order valence-corrected chi connectivity index (χ1v) is 6.37. The third-order valence-electron chi connectivity index (χ3n) is 1.79. The van der Waals surface area contributed by atoms with Crippen molar-refractivity contribution in [3.05, 3.63) is 34.3 Å². The maximum Gasteiger partial charge on any atom is 0.328 e. The molecule has 1 unspecified atom stereocenters. The molecule has 0 saturated carbocycles. The first-order chi connectivity index (χ1) is 7.58. The Morgan fingerprint density at radius 3 is 2.56 bits per heavy atom. The van der Waals surface area contributed by atoms with Crippen LogP contribution in [-0.4, -0.2) is 21.3 Å². The zero-order chi connectivity index (χ0) is 12.0. The van der Waals surface area contributed by atoms with E-state index < -0.39 is 17.3 Å². The molecule has 0 radical (unpaired) electrons. The van der Waals surface area contributed by atoms with Crippen LogP contribution in [0.25, 0.3) is 0 Å². The maximum atomic E-state index is 10.9. The Morgan fingerprint density at radius 1 is 1.38 bits per heavy atom. The van der Waals surface area contributed by atoms with Gasteiger partial charge >= 0.3 is 6.03 Å². The molecule has 0 heterocycles. The van der Waals surface area contributed by atoms with E-state index in [1.165, 1.54) is 0 Å². The number of hydrogen-bond donors (Lipinski definition) is 3. The summed E-state index contributed by atoms with van der Waals surface area (Å²) < 4.78 is 21.4. The fourth-order valence-corrected chi connectivity index (χ4v) is 1.58. The van der Waals surface area contributed by atoms with Crippen LogP contribution in [0.5, 0.6) is 0 Å². The second-order valence-corrected chi connectivity index (χ2v) is 4.60. The lowest BCUT2D eigenvalue weighted by molar-refractivity contribution is 0.246. The highest BCUT2D eigenvalue weighted by atomic mass is 79.9. The quantitative estimate of drug-likeness (QED) is 0.736. The van der Waals surface area contributed by atoms with Crippen molar-refractivity contribution in [3.63, 3.8) is 0 Å². The Morgan fingerprint density at radius 2 is 2.00 bits per heavy atom. The monoisotopic (exact) mass is 306 g/mol. The molecular weight excluding hydrogens is 296 g/mol. The predicted octanol–water partition coefficient (Wildman–Crippen LogP) is 1.43. The van der Waals surface area contributed by atoms with Crippen LogP contribution in [0.3, 0.4) is 0 Å². The van der Waals surface area contributed by atoms with Gasteiger partial charge in [-0.05, 0) is 24.1 Å². The topological polar surface area (TPSA) is 78.4 Å². The number of benzene rings is 1. The molecule has 0 saturated heterocycles. The highest BCUT2D eigenvalue weighted by molar-refractivity contribution is 9.10. The van der Waals surface area contributed by atoms with Crippen molar-refractivity contribution >= 4 is 33.2 Å². The van der Waals surface area contributed by atoms with E-state index in [4.69, 9.17) is 4.55 Å². The zero-order valence-corrected chi connectivity index (χ0v) is 10.7. The van der Waals surface area contributed by atoms with Gasteiger partial charge in [0.05, 0.1) is 0 Å². The summed E-state index contributed by atoms with van der Waals surface area (Å²) in [6.45, 7) is 0.407. The van der Waals surface area contributed by atoms with Gasteiger partial charge in [0.1, 0.15) is 0 Å². The molecule has 0 spiro atoms. The fraction of sp³-hybridized carbons (Fsp3) is 0.222. The molecule has 1 rings (SSSR count). The van der Waals surface area contributed by atoms with Crippen LogP contribution in [0.15, 0.2) is 28.7 Å². The highest BCUT2D eigenvalue weighted by Crippen LogP contribution is 2.10. The largest absolute Gasteiger partial charge is 0.337 e. The van der Waals surface area contributed by atoms with E-state index in [1.54, 1.807) is 0 Å². The van der Waals surface area contributed by atoms with Crippen molar-refractivity contribution in [1.82, 2.24) is 10.0 Å². The first-order valence-electron chi connectivity index (χ1n) is 4.47. The molecule has 0 aromatic heterocycles. The molecule has 1 atom stereocenters.